The lowest BCUT2D eigenvalue weighted by molar-refractivity contribution is -0.125. The van der Waals surface area contributed by atoms with Crippen LogP contribution in [0, 0.1) is 0 Å². The Labute approximate surface area is 132 Å². The van der Waals surface area contributed by atoms with E-state index in [2.05, 4.69) is 0 Å². The number of hydrogen-bond acceptors (Lipinski definition) is 2. The molecule has 108 valence electrons. The van der Waals surface area contributed by atoms with Crippen LogP contribution in [0.1, 0.15) is 12.0 Å². The fourth-order valence-electron chi connectivity index (χ4n) is 2.56. The van der Waals surface area contributed by atoms with Gasteiger partial charge in [0.05, 0.1) is 10.0 Å². The maximum Gasteiger partial charge on any atom is 0.258 e. The van der Waals surface area contributed by atoms with Gasteiger partial charge in [0.1, 0.15) is 5.75 Å². The van der Waals surface area contributed by atoms with Gasteiger partial charge in [0.25, 0.3) is 5.91 Å². The van der Waals surface area contributed by atoms with Gasteiger partial charge in [-0.25, -0.2) is 0 Å². The maximum atomic E-state index is 11.4. The number of carbonyl (C=O) groups is 1. The zero-order valence-corrected chi connectivity index (χ0v) is 12.6. The minimum Gasteiger partial charge on any atom is -0.480 e. The average Bonchev–Trinajstić information content (AvgIpc) is 2.46. The molecule has 1 aliphatic heterocycles. The lowest BCUT2D eigenvalue weighted by Crippen LogP contribution is -2.36. The first-order valence-corrected chi connectivity index (χ1v) is 7.36. The molecule has 1 aliphatic rings. The molecule has 0 aromatic heterocycles. The molecular weight excluding hydrogens is 309 g/mol. The molecule has 5 heteroatoms. The van der Waals surface area contributed by atoms with Crippen LogP contribution in [0.2, 0.25) is 10.0 Å². The quantitative estimate of drug-likeness (QED) is 0.913. The second-order valence-electron chi connectivity index (χ2n) is 4.94. The molecule has 3 nitrogen and oxygen atoms in total. The Balaban J connectivity index is 2.15. The van der Waals surface area contributed by atoms with Gasteiger partial charge >= 0.3 is 0 Å². The van der Waals surface area contributed by atoms with Crippen LogP contribution in [0.5, 0.6) is 5.75 Å². The van der Waals surface area contributed by atoms with E-state index in [1.807, 2.05) is 18.2 Å². The van der Waals surface area contributed by atoms with E-state index in [1.54, 1.807) is 18.2 Å². The summed E-state index contributed by atoms with van der Waals surface area (Å²) in [5.41, 5.74) is 7.88. The molecule has 21 heavy (non-hydrogen) atoms. The summed E-state index contributed by atoms with van der Waals surface area (Å²) in [6, 6.07) is 11.1. The van der Waals surface area contributed by atoms with Crippen molar-refractivity contribution in [1.29, 1.82) is 0 Å². The van der Waals surface area contributed by atoms with Gasteiger partial charge in [0.2, 0.25) is 0 Å². The Morgan fingerprint density at radius 1 is 1.14 bits per heavy atom. The van der Waals surface area contributed by atoms with Crippen LogP contribution in [0.15, 0.2) is 36.4 Å². The van der Waals surface area contributed by atoms with E-state index in [1.165, 1.54) is 0 Å². The highest BCUT2D eigenvalue weighted by molar-refractivity contribution is 6.39. The van der Waals surface area contributed by atoms with Gasteiger partial charge in [0, 0.05) is 11.1 Å². The number of hydrogen-bond donors (Lipinski definition) is 1. The molecule has 0 radical (unpaired) electrons. The highest BCUT2D eigenvalue weighted by Crippen LogP contribution is 2.43. The minimum absolute atomic E-state index is 0.458. The Hall–Kier alpha value is -1.71. The number of carbonyl (C=O) groups excluding carboxylic acids is 1. The Morgan fingerprint density at radius 3 is 2.48 bits per heavy atom. The van der Waals surface area contributed by atoms with Crippen molar-refractivity contribution in [3.05, 3.63) is 52.0 Å². The first-order chi connectivity index (χ1) is 10.1. The summed E-state index contributed by atoms with van der Waals surface area (Å²) in [6.45, 7) is 0. The molecule has 1 heterocycles. The molecule has 2 aromatic carbocycles. The third-order valence-electron chi connectivity index (χ3n) is 3.58. The Morgan fingerprint density at radius 2 is 1.81 bits per heavy atom. The van der Waals surface area contributed by atoms with Gasteiger partial charge < -0.3 is 10.5 Å². The summed E-state index contributed by atoms with van der Waals surface area (Å²) in [4.78, 5) is 11.4. The molecule has 0 saturated carbocycles. The van der Waals surface area contributed by atoms with Crippen molar-refractivity contribution in [1.82, 2.24) is 0 Å². The number of halogens is 2. The van der Waals surface area contributed by atoms with Gasteiger partial charge in [-0.05, 0) is 30.5 Å². The second kappa shape index (κ2) is 5.58. The van der Waals surface area contributed by atoms with Crippen molar-refractivity contribution in [2.75, 3.05) is 0 Å². The van der Waals surface area contributed by atoms with Crippen molar-refractivity contribution in [2.45, 2.75) is 18.9 Å². The number of aryl methyl sites for hydroxylation is 1. The Bertz CT molecular complexity index is 695. The van der Waals surface area contributed by atoms with Gasteiger partial charge in [-0.2, -0.15) is 0 Å². The fraction of sp³-hybridized carbons (Fsp3) is 0.188. The fourth-order valence-corrected chi connectivity index (χ4v) is 3.16. The van der Waals surface area contributed by atoms with Crippen molar-refractivity contribution in [3.63, 3.8) is 0 Å². The second-order valence-corrected chi connectivity index (χ2v) is 5.75. The van der Waals surface area contributed by atoms with E-state index in [0.29, 0.717) is 27.8 Å². The van der Waals surface area contributed by atoms with Crippen LogP contribution >= 0.6 is 23.2 Å². The molecule has 0 fully saturated rings. The van der Waals surface area contributed by atoms with E-state index < -0.39 is 12.0 Å². The van der Waals surface area contributed by atoms with Crippen LogP contribution in [0.4, 0.5) is 0 Å². The summed E-state index contributed by atoms with van der Waals surface area (Å²) in [5.74, 6) is 0.184. The number of amides is 1. The lowest BCUT2D eigenvalue weighted by Gasteiger charge is -2.26. The topological polar surface area (TPSA) is 52.3 Å². The van der Waals surface area contributed by atoms with E-state index in [-0.39, 0.29) is 0 Å². The first-order valence-electron chi connectivity index (χ1n) is 6.60. The van der Waals surface area contributed by atoms with Crippen LogP contribution in [-0.2, 0) is 11.2 Å². The molecule has 0 saturated heterocycles. The zero-order chi connectivity index (χ0) is 15.0. The standard InChI is InChI=1S/C16H13Cl2NO2/c17-11-5-2-6-12(18)14(11)10-4-1-3-9-7-8-13(16(19)20)21-15(9)10/h1-6,13H,7-8H2,(H2,19,20)/t13-/m1/s1. The molecule has 0 aliphatic carbocycles. The monoisotopic (exact) mass is 321 g/mol. The predicted molar refractivity (Wildman–Crippen MR) is 83.8 cm³/mol. The largest absolute Gasteiger partial charge is 0.480 e. The molecular formula is C16H13Cl2NO2. The minimum atomic E-state index is -0.611. The van der Waals surface area contributed by atoms with Gasteiger partial charge in [-0.15, -0.1) is 0 Å². The number of rotatable bonds is 2. The summed E-state index contributed by atoms with van der Waals surface area (Å²) >= 11 is 12.5. The highest BCUT2D eigenvalue weighted by atomic mass is 35.5. The molecule has 1 atom stereocenters. The van der Waals surface area contributed by atoms with Gasteiger partial charge in [0.15, 0.2) is 6.10 Å². The third kappa shape index (κ3) is 2.59. The maximum absolute atomic E-state index is 11.4. The number of ether oxygens (including phenoxy) is 1. The van der Waals surface area contributed by atoms with Gasteiger partial charge in [-0.1, -0.05) is 47.5 Å². The van der Waals surface area contributed by atoms with Crippen LogP contribution in [0.25, 0.3) is 11.1 Å². The summed E-state index contributed by atoms with van der Waals surface area (Å²) in [5, 5.41) is 1.08. The van der Waals surface area contributed by atoms with Crippen LogP contribution in [0.3, 0.4) is 0 Å². The number of nitrogens with two attached hydrogens (primary N) is 1. The normalized spacial score (nSPS) is 17.0. The van der Waals surface area contributed by atoms with Gasteiger partial charge in [-0.3, -0.25) is 4.79 Å². The molecule has 3 rings (SSSR count). The molecule has 2 N–H and O–H groups in total. The highest BCUT2D eigenvalue weighted by Gasteiger charge is 2.27. The predicted octanol–water partition coefficient (Wildman–Crippen LogP) is 3.84. The first kappa shape index (κ1) is 14.2. The van der Waals surface area contributed by atoms with Crippen molar-refractivity contribution < 1.29 is 9.53 Å². The SMILES string of the molecule is NC(=O)[C@H]1CCc2cccc(-c3c(Cl)cccc3Cl)c2O1. The van der Waals surface area contributed by atoms with Crippen molar-refractivity contribution >= 4 is 29.1 Å². The molecule has 0 unspecified atom stereocenters. The summed E-state index contributed by atoms with van der Waals surface area (Å²) in [6.07, 6.45) is 0.709. The number of fused-ring (bicyclic) bond motifs is 1. The average molecular weight is 322 g/mol. The van der Waals surface area contributed by atoms with Crippen LogP contribution in [-0.4, -0.2) is 12.0 Å². The van der Waals surface area contributed by atoms with E-state index >= 15 is 0 Å². The molecule has 1 amide bonds. The van der Waals surface area contributed by atoms with Crippen LogP contribution < -0.4 is 10.5 Å². The molecule has 0 bridgehead atoms. The smallest absolute Gasteiger partial charge is 0.258 e. The van der Waals surface area contributed by atoms with Crippen molar-refractivity contribution in [2.24, 2.45) is 5.73 Å². The van der Waals surface area contributed by atoms with Crippen molar-refractivity contribution in [3.8, 4) is 16.9 Å². The lowest BCUT2D eigenvalue weighted by atomic mass is 9.95. The van der Waals surface area contributed by atoms with E-state index in [4.69, 9.17) is 33.7 Å². The summed E-state index contributed by atoms with van der Waals surface area (Å²) in [7, 11) is 0. The zero-order valence-electron chi connectivity index (χ0n) is 11.1. The van der Waals surface area contributed by atoms with E-state index in [9.17, 15) is 4.79 Å². The third-order valence-corrected chi connectivity index (χ3v) is 4.21. The molecule has 2 aromatic rings. The molecule has 0 spiro atoms. The number of para-hydroxylation sites is 1. The Kier molecular flexibility index (Phi) is 3.79. The number of primary amides is 1. The summed E-state index contributed by atoms with van der Waals surface area (Å²) < 4.78 is 5.80. The number of benzene rings is 2. The van der Waals surface area contributed by atoms with E-state index in [0.717, 1.165) is 17.5 Å².